The minimum absolute atomic E-state index is 0.0619. The zero-order valence-electron chi connectivity index (χ0n) is 11.5. The van der Waals surface area contributed by atoms with Gasteiger partial charge in [0.25, 0.3) is 0 Å². The average molecular weight is 286 g/mol. The van der Waals surface area contributed by atoms with E-state index in [2.05, 4.69) is 19.2 Å². The van der Waals surface area contributed by atoms with Crippen LogP contribution >= 0.6 is 11.6 Å². The van der Waals surface area contributed by atoms with Gasteiger partial charge in [0, 0.05) is 30.1 Å². The number of hydrogen-bond acceptors (Lipinski definition) is 2. The van der Waals surface area contributed by atoms with Gasteiger partial charge in [-0.1, -0.05) is 25.4 Å². The molecular formula is C15H21ClFNO. The summed E-state index contributed by atoms with van der Waals surface area (Å²) in [5.74, 6) is 0.0706. The molecule has 1 N–H and O–H groups in total. The van der Waals surface area contributed by atoms with Crippen molar-refractivity contribution in [1.82, 2.24) is 5.32 Å². The third-order valence-electron chi connectivity index (χ3n) is 3.45. The summed E-state index contributed by atoms with van der Waals surface area (Å²) in [6.45, 7) is 5.86. The van der Waals surface area contributed by atoms with Crippen molar-refractivity contribution in [2.45, 2.75) is 38.8 Å². The highest BCUT2D eigenvalue weighted by molar-refractivity contribution is 6.30. The molecule has 1 aliphatic rings. The molecule has 0 amide bonds. The molecule has 0 aliphatic carbocycles. The summed E-state index contributed by atoms with van der Waals surface area (Å²) in [6, 6.07) is 5.11. The van der Waals surface area contributed by atoms with Crippen molar-refractivity contribution in [1.29, 1.82) is 0 Å². The van der Waals surface area contributed by atoms with Crippen molar-refractivity contribution in [2.75, 3.05) is 13.2 Å². The topological polar surface area (TPSA) is 21.3 Å². The van der Waals surface area contributed by atoms with Crippen molar-refractivity contribution < 1.29 is 9.13 Å². The molecule has 1 saturated heterocycles. The highest BCUT2D eigenvalue weighted by atomic mass is 35.5. The quantitative estimate of drug-likeness (QED) is 0.904. The van der Waals surface area contributed by atoms with Gasteiger partial charge in [-0.15, -0.1) is 0 Å². The molecule has 19 heavy (non-hydrogen) atoms. The van der Waals surface area contributed by atoms with Gasteiger partial charge in [-0.3, -0.25) is 0 Å². The first kappa shape index (κ1) is 14.8. The Labute approximate surface area is 119 Å². The fraction of sp³-hybridized carbons (Fsp3) is 0.600. The summed E-state index contributed by atoms with van der Waals surface area (Å²) in [5.41, 5.74) is 0.847. The second-order valence-electron chi connectivity index (χ2n) is 5.46. The van der Waals surface area contributed by atoms with E-state index in [4.69, 9.17) is 16.3 Å². The first-order chi connectivity index (χ1) is 9.06. The molecule has 1 heterocycles. The molecule has 2 nitrogen and oxygen atoms in total. The predicted molar refractivity (Wildman–Crippen MR) is 76.0 cm³/mol. The van der Waals surface area contributed by atoms with Crippen LogP contribution in [-0.4, -0.2) is 19.2 Å². The van der Waals surface area contributed by atoms with Crippen LogP contribution in [-0.2, 0) is 4.74 Å². The number of nitrogens with one attached hydrogen (secondary N) is 1. The van der Waals surface area contributed by atoms with E-state index in [1.165, 1.54) is 12.1 Å². The Balaban J connectivity index is 2.13. The van der Waals surface area contributed by atoms with Gasteiger partial charge in [-0.05, 0) is 36.6 Å². The van der Waals surface area contributed by atoms with Crippen molar-refractivity contribution in [3.05, 3.63) is 34.6 Å². The molecule has 0 bridgehead atoms. The van der Waals surface area contributed by atoms with Gasteiger partial charge in [0.2, 0.25) is 0 Å². The molecule has 0 aromatic heterocycles. The Morgan fingerprint density at radius 2 is 2.21 bits per heavy atom. The van der Waals surface area contributed by atoms with Crippen LogP contribution in [0.15, 0.2) is 18.2 Å². The molecule has 0 radical (unpaired) electrons. The maximum Gasteiger partial charge on any atom is 0.125 e. The molecule has 0 spiro atoms. The number of benzene rings is 1. The highest BCUT2D eigenvalue weighted by Crippen LogP contribution is 2.34. The number of ether oxygens (including phenoxy) is 1. The van der Waals surface area contributed by atoms with Gasteiger partial charge < -0.3 is 10.1 Å². The zero-order valence-corrected chi connectivity index (χ0v) is 12.2. The van der Waals surface area contributed by atoms with Crippen LogP contribution in [0.1, 0.15) is 38.4 Å². The van der Waals surface area contributed by atoms with E-state index in [0.29, 0.717) is 17.0 Å². The van der Waals surface area contributed by atoms with Crippen LogP contribution in [0.4, 0.5) is 4.39 Å². The lowest BCUT2D eigenvalue weighted by atomic mass is 9.89. The lowest BCUT2D eigenvalue weighted by Gasteiger charge is -2.33. The Morgan fingerprint density at radius 1 is 1.42 bits per heavy atom. The molecule has 2 unspecified atom stereocenters. The minimum atomic E-state index is -0.299. The molecule has 1 aliphatic heterocycles. The Hall–Kier alpha value is -0.640. The number of halogens is 2. The zero-order chi connectivity index (χ0) is 13.8. The maximum atomic E-state index is 13.5. The van der Waals surface area contributed by atoms with E-state index in [1.54, 1.807) is 0 Å². The van der Waals surface area contributed by atoms with Gasteiger partial charge >= 0.3 is 0 Å². The summed E-state index contributed by atoms with van der Waals surface area (Å²) >= 11 is 5.93. The molecular weight excluding hydrogens is 265 g/mol. The third kappa shape index (κ3) is 4.16. The molecule has 2 rings (SSSR count). The first-order valence-electron chi connectivity index (χ1n) is 6.87. The van der Waals surface area contributed by atoms with Crippen LogP contribution in [0.5, 0.6) is 0 Å². The van der Waals surface area contributed by atoms with E-state index in [0.717, 1.165) is 31.6 Å². The van der Waals surface area contributed by atoms with Crippen LogP contribution in [0, 0.1) is 11.7 Å². The summed E-state index contributed by atoms with van der Waals surface area (Å²) in [4.78, 5) is 0. The van der Waals surface area contributed by atoms with Crippen LogP contribution in [0.2, 0.25) is 5.02 Å². The van der Waals surface area contributed by atoms with Gasteiger partial charge in [0.05, 0.1) is 6.10 Å². The Morgan fingerprint density at radius 3 is 2.89 bits per heavy atom. The first-order valence-corrected chi connectivity index (χ1v) is 7.25. The maximum absolute atomic E-state index is 13.5. The van der Waals surface area contributed by atoms with Crippen molar-refractivity contribution >= 4 is 11.6 Å². The Kier molecular flexibility index (Phi) is 5.20. The lowest BCUT2D eigenvalue weighted by molar-refractivity contribution is -0.0283. The third-order valence-corrected chi connectivity index (χ3v) is 3.66. The predicted octanol–water partition coefficient (Wildman–Crippen LogP) is 3.94. The number of hydrogen-bond donors (Lipinski definition) is 1. The minimum Gasteiger partial charge on any atom is -0.373 e. The fourth-order valence-corrected chi connectivity index (χ4v) is 2.78. The Bertz CT molecular complexity index is 404. The summed E-state index contributed by atoms with van der Waals surface area (Å²) in [6.07, 6.45) is 2.09. The summed E-state index contributed by atoms with van der Waals surface area (Å²) < 4.78 is 19.3. The molecule has 1 fully saturated rings. The van der Waals surface area contributed by atoms with E-state index in [1.807, 2.05) is 6.07 Å². The molecule has 1 aromatic rings. The van der Waals surface area contributed by atoms with E-state index in [-0.39, 0.29) is 11.9 Å². The van der Waals surface area contributed by atoms with Gasteiger partial charge in [-0.2, -0.15) is 0 Å². The monoisotopic (exact) mass is 285 g/mol. The van der Waals surface area contributed by atoms with E-state index < -0.39 is 0 Å². The van der Waals surface area contributed by atoms with E-state index in [9.17, 15) is 4.39 Å². The van der Waals surface area contributed by atoms with Crippen LogP contribution in [0.25, 0.3) is 0 Å². The lowest BCUT2D eigenvalue weighted by Crippen LogP contribution is -2.35. The van der Waals surface area contributed by atoms with Gasteiger partial charge in [0.1, 0.15) is 5.82 Å². The molecule has 106 valence electrons. The second-order valence-corrected chi connectivity index (χ2v) is 5.90. The average Bonchev–Trinajstić information content (AvgIpc) is 2.35. The second kappa shape index (κ2) is 6.69. The van der Waals surface area contributed by atoms with Gasteiger partial charge in [0.15, 0.2) is 0 Å². The van der Waals surface area contributed by atoms with Crippen molar-refractivity contribution in [3.63, 3.8) is 0 Å². The molecule has 2 atom stereocenters. The SMILES string of the molecule is CC(C)NCC1CCCOC1c1cc(F)cc(Cl)c1. The van der Waals surface area contributed by atoms with Crippen LogP contribution in [0.3, 0.4) is 0 Å². The largest absolute Gasteiger partial charge is 0.373 e. The summed E-state index contributed by atoms with van der Waals surface area (Å²) in [7, 11) is 0. The highest BCUT2D eigenvalue weighted by Gasteiger charge is 2.28. The summed E-state index contributed by atoms with van der Waals surface area (Å²) in [5, 5.41) is 3.87. The van der Waals surface area contributed by atoms with Crippen molar-refractivity contribution in [2.24, 2.45) is 5.92 Å². The standard InChI is InChI=1S/C15H21ClFNO/c1-10(2)18-9-11-4-3-5-19-15(11)12-6-13(16)8-14(17)7-12/h6-8,10-11,15,18H,3-5,9H2,1-2H3. The normalized spacial score (nSPS) is 23.8. The fourth-order valence-electron chi connectivity index (χ4n) is 2.55. The van der Waals surface area contributed by atoms with Crippen LogP contribution < -0.4 is 5.32 Å². The smallest absolute Gasteiger partial charge is 0.125 e. The van der Waals surface area contributed by atoms with Gasteiger partial charge in [-0.25, -0.2) is 4.39 Å². The van der Waals surface area contributed by atoms with Crippen molar-refractivity contribution in [3.8, 4) is 0 Å². The molecule has 0 saturated carbocycles. The number of rotatable bonds is 4. The molecule has 4 heteroatoms. The van der Waals surface area contributed by atoms with E-state index >= 15 is 0 Å². The molecule has 1 aromatic carbocycles.